The standard InChI is InChI=1S/C22H27NO3.C2HF3O2/c24-22(25)12-13-23-16-19-10-11-21(15-20(19)17-23)26-14-6-2-5-9-18-7-3-1-4-8-18;3-2(4,5)1(6)7/h1,3-4,7-8,10-11,15H,2,5-6,9,12-14,16-17H2,(H,24,25);(H,6,7). The molecule has 2 N–H and O–H groups in total. The number of hydrogen-bond acceptors (Lipinski definition) is 4. The molecule has 0 aliphatic carbocycles. The first-order valence-electron chi connectivity index (χ1n) is 10.7. The number of aryl methyl sites for hydroxylation is 1. The second-order valence-corrected chi connectivity index (χ2v) is 7.73. The predicted molar refractivity (Wildman–Crippen MR) is 116 cm³/mol. The van der Waals surface area contributed by atoms with Crippen molar-refractivity contribution >= 4 is 11.9 Å². The largest absolute Gasteiger partial charge is 0.494 e. The second-order valence-electron chi connectivity index (χ2n) is 7.73. The third kappa shape index (κ3) is 9.95. The average Bonchev–Trinajstić information content (AvgIpc) is 3.17. The molecule has 33 heavy (non-hydrogen) atoms. The zero-order valence-corrected chi connectivity index (χ0v) is 18.2. The molecule has 0 spiro atoms. The van der Waals surface area contributed by atoms with Crippen LogP contribution < -0.4 is 4.74 Å². The zero-order valence-electron chi connectivity index (χ0n) is 18.2. The van der Waals surface area contributed by atoms with E-state index < -0.39 is 18.1 Å². The van der Waals surface area contributed by atoms with Crippen LogP contribution in [0.5, 0.6) is 5.75 Å². The van der Waals surface area contributed by atoms with Gasteiger partial charge in [0.1, 0.15) is 5.75 Å². The molecule has 1 heterocycles. The van der Waals surface area contributed by atoms with Gasteiger partial charge < -0.3 is 14.9 Å². The molecule has 0 unspecified atom stereocenters. The molecule has 0 saturated carbocycles. The van der Waals surface area contributed by atoms with Crippen LogP contribution in [0, 0.1) is 0 Å². The van der Waals surface area contributed by atoms with Crippen molar-refractivity contribution in [1.29, 1.82) is 0 Å². The molecule has 0 bridgehead atoms. The molecule has 2 aromatic rings. The van der Waals surface area contributed by atoms with Crippen LogP contribution in [-0.4, -0.2) is 46.4 Å². The quantitative estimate of drug-likeness (QED) is 0.483. The topological polar surface area (TPSA) is 87.1 Å². The maximum absolute atomic E-state index is 10.7. The molecular weight excluding hydrogens is 439 g/mol. The highest BCUT2D eigenvalue weighted by Crippen LogP contribution is 2.27. The maximum atomic E-state index is 10.7. The number of aliphatic carboxylic acids is 2. The average molecular weight is 467 g/mol. The summed E-state index contributed by atoms with van der Waals surface area (Å²) in [6, 6.07) is 16.9. The van der Waals surface area contributed by atoms with E-state index in [2.05, 4.69) is 47.4 Å². The Kier molecular flexibility index (Phi) is 10.2. The number of carbonyl (C=O) groups is 2. The van der Waals surface area contributed by atoms with Crippen LogP contribution in [0.3, 0.4) is 0 Å². The van der Waals surface area contributed by atoms with Gasteiger partial charge in [-0.25, -0.2) is 4.79 Å². The lowest BCUT2D eigenvalue weighted by molar-refractivity contribution is -0.192. The highest BCUT2D eigenvalue weighted by Gasteiger charge is 2.38. The van der Waals surface area contributed by atoms with Gasteiger partial charge in [0, 0.05) is 19.6 Å². The minimum atomic E-state index is -5.08. The van der Waals surface area contributed by atoms with E-state index in [4.69, 9.17) is 19.7 Å². The Balaban J connectivity index is 0.000000479. The van der Waals surface area contributed by atoms with E-state index in [1.807, 2.05) is 6.07 Å². The summed E-state index contributed by atoms with van der Waals surface area (Å²) >= 11 is 0. The predicted octanol–water partition coefficient (Wildman–Crippen LogP) is 4.90. The number of ether oxygens (including phenoxy) is 1. The summed E-state index contributed by atoms with van der Waals surface area (Å²) in [6.07, 6.45) is -0.334. The first kappa shape index (κ1) is 26.2. The second kappa shape index (κ2) is 12.8. The van der Waals surface area contributed by atoms with Crippen molar-refractivity contribution < 1.29 is 37.7 Å². The van der Waals surface area contributed by atoms with Gasteiger partial charge in [-0.05, 0) is 54.5 Å². The van der Waals surface area contributed by atoms with Gasteiger partial charge in [0.25, 0.3) is 0 Å². The fourth-order valence-electron chi connectivity index (χ4n) is 3.39. The van der Waals surface area contributed by atoms with Crippen molar-refractivity contribution in [3.63, 3.8) is 0 Å². The first-order chi connectivity index (χ1) is 15.6. The molecule has 6 nitrogen and oxygen atoms in total. The molecule has 0 atom stereocenters. The number of hydrogen-bond donors (Lipinski definition) is 2. The highest BCUT2D eigenvalue weighted by atomic mass is 19.4. The fourth-order valence-corrected chi connectivity index (χ4v) is 3.39. The molecule has 2 aromatic carbocycles. The van der Waals surface area contributed by atoms with Gasteiger partial charge in [0.15, 0.2) is 0 Å². The van der Waals surface area contributed by atoms with Gasteiger partial charge in [-0.3, -0.25) is 9.69 Å². The number of unbranched alkanes of at least 4 members (excludes halogenated alkanes) is 2. The van der Waals surface area contributed by atoms with Gasteiger partial charge in [0.05, 0.1) is 13.0 Å². The Morgan fingerprint density at radius 1 is 0.939 bits per heavy atom. The van der Waals surface area contributed by atoms with Crippen LogP contribution in [0.1, 0.15) is 42.4 Å². The summed E-state index contributed by atoms with van der Waals surface area (Å²) in [5.41, 5.74) is 3.95. The number of fused-ring (bicyclic) bond motifs is 1. The van der Waals surface area contributed by atoms with Crippen LogP contribution in [0.15, 0.2) is 48.5 Å². The SMILES string of the molecule is O=C(O)C(F)(F)F.O=C(O)CCN1Cc2ccc(OCCCCCc3ccccc3)cc2C1. The molecule has 9 heteroatoms. The van der Waals surface area contributed by atoms with Crippen molar-refractivity contribution in [3.8, 4) is 5.75 Å². The van der Waals surface area contributed by atoms with E-state index in [9.17, 15) is 18.0 Å². The summed E-state index contributed by atoms with van der Waals surface area (Å²) in [5, 5.41) is 15.9. The van der Waals surface area contributed by atoms with Gasteiger partial charge in [-0.15, -0.1) is 0 Å². The number of carboxylic acids is 2. The smallest absolute Gasteiger partial charge is 0.490 e. The molecule has 0 saturated heterocycles. The first-order valence-corrected chi connectivity index (χ1v) is 10.7. The number of benzene rings is 2. The normalized spacial score (nSPS) is 13.1. The Morgan fingerprint density at radius 2 is 1.61 bits per heavy atom. The number of alkyl halides is 3. The molecule has 180 valence electrons. The van der Waals surface area contributed by atoms with E-state index in [1.165, 1.54) is 29.5 Å². The number of halogens is 3. The molecule has 0 radical (unpaired) electrons. The Labute approximate surface area is 190 Å². The third-order valence-electron chi connectivity index (χ3n) is 5.07. The van der Waals surface area contributed by atoms with E-state index in [1.54, 1.807) is 0 Å². The van der Waals surface area contributed by atoms with Crippen molar-refractivity contribution in [1.82, 2.24) is 4.90 Å². The van der Waals surface area contributed by atoms with Crippen molar-refractivity contribution in [2.75, 3.05) is 13.2 Å². The number of nitrogens with zero attached hydrogens (tertiary/aromatic N) is 1. The molecule has 1 aliphatic rings. The summed E-state index contributed by atoms with van der Waals surface area (Å²) in [4.78, 5) is 21.8. The van der Waals surface area contributed by atoms with E-state index in [0.29, 0.717) is 6.54 Å². The maximum Gasteiger partial charge on any atom is 0.490 e. The van der Waals surface area contributed by atoms with Crippen molar-refractivity contribution in [2.45, 2.75) is 51.4 Å². The Morgan fingerprint density at radius 3 is 2.24 bits per heavy atom. The van der Waals surface area contributed by atoms with Gasteiger partial charge in [0.2, 0.25) is 0 Å². The van der Waals surface area contributed by atoms with Crippen LogP contribution in [-0.2, 0) is 29.1 Å². The van der Waals surface area contributed by atoms with Gasteiger partial charge >= 0.3 is 18.1 Å². The fraction of sp³-hybridized carbons (Fsp3) is 0.417. The van der Waals surface area contributed by atoms with Gasteiger partial charge in [-0.2, -0.15) is 13.2 Å². The lowest BCUT2D eigenvalue weighted by atomic mass is 10.1. The van der Waals surface area contributed by atoms with Crippen LogP contribution in [0.4, 0.5) is 13.2 Å². The van der Waals surface area contributed by atoms with E-state index >= 15 is 0 Å². The van der Waals surface area contributed by atoms with Crippen molar-refractivity contribution in [3.05, 3.63) is 65.2 Å². The molecule has 0 fully saturated rings. The Hall–Kier alpha value is -3.07. The van der Waals surface area contributed by atoms with E-state index in [0.717, 1.165) is 38.3 Å². The minimum Gasteiger partial charge on any atom is -0.494 e. The van der Waals surface area contributed by atoms with Crippen LogP contribution in [0.2, 0.25) is 0 Å². The number of carboxylic acid groups (broad SMARTS) is 2. The minimum absolute atomic E-state index is 0.195. The molecular formula is C24H28F3NO5. The summed E-state index contributed by atoms with van der Waals surface area (Å²) in [6.45, 7) is 3.00. The van der Waals surface area contributed by atoms with Gasteiger partial charge in [-0.1, -0.05) is 36.4 Å². The monoisotopic (exact) mass is 467 g/mol. The van der Waals surface area contributed by atoms with E-state index in [-0.39, 0.29) is 6.42 Å². The van der Waals surface area contributed by atoms with Crippen LogP contribution >= 0.6 is 0 Å². The third-order valence-corrected chi connectivity index (χ3v) is 5.07. The van der Waals surface area contributed by atoms with Crippen molar-refractivity contribution in [2.24, 2.45) is 0 Å². The summed E-state index contributed by atoms with van der Waals surface area (Å²) in [5.74, 6) is -2.57. The number of rotatable bonds is 10. The highest BCUT2D eigenvalue weighted by molar-refractivity contribution is 5.73. The molecule has 0 amide bonds. The zero-order chi connectivity index (χ0) is 24.3. The lowest BCUT2D eigenvalue weighted by Crippen LogP contribution is -2.21. The Bertz CT molecular complexity index is 903. The molecule has 1 aliphatic heterocycles. The van der Waals surface area contributed by atoms with Crippen LogP contribution in [0.25, 0.3) is 0 Å². The summed E-state index contributed by atoms with van der Waals surface area (Å²) in [7, 11) is 0. The molecule has 0 aromatic heterocycles. The molecule has 3 rings (SSSR count). The lowest BCUT2D eigenvalue weighted by Gasteiger charge is -2.12. The summed E-state index contributed by atoms with van der Waals surface area (Å²) < 4.78 is 37.6.